The van der Waals surface area contributed by atoms with Crippen LogP contribution in [0, 0.1) is 5.82 Å². The van der Waals surface area contributed by atoms with Gasteiger partial charge in [0.15, 0.2) is 5.58 Å². The van der Waals surface area contributed by atoms with E-state index in [1.54, 1.807) is 0 Å². The Morgan fingerprint density at radius 1 is 1.14 bits per heavy atom. The van der Waals surface area contributed by atoms with Gasteiger partial charge in [0, 0.05) is 5.69 Å². The van der Waals surface area contributed by atoms with Gasteiger partial charge in [-0.15, -0.1) is 0 Å². The average molecular weight is 311 g/mol. The van der Waals surface area contributed by atoms with Gasteiger partial charge < -0.3 is 15.5 Å². The number of rotatable bonds is 2. The summed E-state index contributed by atoms with van der Waals surface area (Å²) < 4.78 is 56.3. The molecule has 3 rings (SSSR count). The lowest BCUT2D eigenvalue weighted by Crippen LogP contribution is -2.07. The molecule has 0 bridgehead atoms. The number of pyridine rings is 1. The number of benzene rings is 1. The Kier molecular flexibility index (Phi) is 3.16. The highest BCUT2D eigenvalue weighted by atomic mass is 19.4. The van der Waals surface area contributed by atoms with E-state index in [9.17, 15) is 17.6 Å². The van der Waals surface area contributed by atoms with E-state index >= 15 is 0 Å². The molecule has 0 radical (unpaired) electrons. The molecule has 0 aliphatic carbocycles. The van der Waals surface area contributed by atoms with E-state index in [0.717, 1.165) is 12.3 Å². The standard InChI is InChI=1S/C14H9F4N3O/c15-7-1-3-8(4-2-7)21-12-9-5-11(14(16,17)18)20-6-10(9)22-13(12)19/h1-6,21H,19H2. The molecule has 3 N–H and O–H groups in total. The maximum atomic E-state index is 12.9. The third-order valence-corrected chi connectivity index (χ3v) is 3.01. The maximum Gasteiger partial charge on any atom is 0.433 e. The number of nitrogen functional groups attached to an aromatic ring is 1. The van der Waals surface area contributed by atoms with E-state index in [1.807, 2.05) is 0 Å². The average Bonchev–Trinajstić information content (AvgIpc) is 2.76. The summed E-state index contributed by atoms with van der Waals surface area (Å²) in [6, 6.07) is 6.13. The fourth-order valence-corrected chi connectivity index (χ4v) is 1.98. The number of nitrogens with one attached hydrogen (secondary N) is 1. The number of hydrogen-bond donors (Lipinski definition) is 2. The van der Waals surface area contributed by atoms with Crippen molar-refractivity contribution in [3.63, 3.8) is 0 Å². The minimum atomic E-state index is -4.58. The van der Waals surface area contributed by atoms with Crippen molar-refractivity contribution < 1.29 is 22.0 Å². The van der Waals surface area contributed by atoms with Crippen LogP contribution in [-0.4, -0.2) is 4.98 Å². The highest BCUT2D eigenvalue weighted by Gasteiger charge is 2.33. The van der Waals surface area contributed by atoms with E-state index in [0.29, 0.717) is 5.69 Å². The van der Waals surface area contributed by atoms with Crippen molar-refractivity contribution in [1.82, 2.24) is 4.98 Å². The van der Waals surface area contributed by atoms with Crippen molar-refractivity contribution in [2.75, 3.05) is 11.1 Å². The summed E-state index contributed by atoms with van der Waals surface area (Å²) in [5.41, 5.74) is 5.38. The predicted octanol–water partition coefficient (Wildman–Crippen LogP) is 4.31. The molecule has 2 heterocycles. The molecule has 3 aromatic rings. The lowest BCUT2D eigenvalue weighted by molar-refractivity contribution is -0.141. The summed E-state index contributed by atoms with van der Waals surface area (Å²) in [5, 5.41) is 2.96. The molecule has 22 heavy (non-hydrogen) atoms. The summed E-state index contributed by atoms with van der Waals surface area (Å²) >= 11 is 0. The van der Waals surface area contributed by atoms with Crippen molar-refractivity contribution >= 4 is 28.2 Å². The molecule has 8 heteroatoms. The first-order chi connectivity index (χ1) is 10.3. The van der Waals surface area contributed by atoms with Gasteiger partial charge in [-0.05, 0) is 30.3 Å². The molecule has 0 saturated carbocycles. The van der Waals surface area contributed by atoms with Crippen LogP contribution >= 0.6 is 0 Å². The zero-order chi connectivity index (χ0) is 15.9. The van der Waals surface area contributed by atoms with E-state index < -0.39 is 17.7 Å². The number of fused-ring (bicyclic) bond motifs is 1. The summed E-state index contributed by atoms with van der Waals surface area (Å²) in [6.45, 7) is 0. The highest BCUT2D eigenvalue weighted by Crippen LogP contribution is 2.37. The smallest absolute Gasteiger partial charge is 0.433 e. The molecule has 1 aromatic carbocycles. The summed E-state index contributed by atoms with van der Waals surface area (Å²) in [5.74, 6) is -0.514. The first kappa shape index (κ1) is 14.2. The minimum Gasteiger partial charge on any atom is -0.437 e. The van der Waals surface area contributed by atoms with Crippen LogP contribution in [0.1, 0.15) is 5.69 Å². The van der Waals surface area contributed by atoms with Crippen LogP contribution in [0.15, 0.2) is 40.9 Å². The molecular formula is C14H9F4N3O. The number of halogens is 4. The van der Waals surface area contributed by atoms with Crippen molar-refractivity contribution in [3.05, 3.63) is 48.0 Å². The second-order valence-electron chi connectivity index (χ2n) is 4.54. The van der Waals surface area contributed by atoms with Gasteiger partial charge in [0.25, 0.3) is 0 Å². The van der Waals surface area contributed by atoms with Gasteiger partial charge >= 0.3 is 6.18 Å². The molecule has 0 aliphatic heterocycles. The second-order valence-corrected chi connectivity index (χ2v) is 4.54. The number of anilines is 3. The third kappa shape index (κ3) is 2.54. The van der Waals surface area contributed by atoms with Crippen LogP contribution in [0.4, 0.5) is 34.8 Å². The molecule has 4 nitrogen and oxygen atoms in total. The van der Waals surface area contributed by atoms with Gasteiger partial charge in [0.2, 0.25) is 5.88 Å². The Balaban J connectivity index is 2.07. The molecule has 0 fully saturated rings. The molecule has 114 valence electrons. The van der Waals surface area contributed by atoms with Gasteiger partial charge in [-0.2, -0.15) is 13.2 Å². The summed E-state index contributed by atoms with van der Waals surface area (Å²) in [6.07, 6.45) is -3.61. The van der Waals surface area contributed by atoms with Gasteiger partial charge in [-0.1, -0.05) is 0 Å². The quantitative estimate of drug-likeness (QED) is 0.692. The van der Waals surface area contributed by atoms with Crippen LogP contribution in [-0.2, 0) is 6.18 Å². The Labute approximate surface area is 121 Å². The molecule has 2 aromatic heterocycles. The summed E-state index contributed by atoms with van der Waals surface area (Å²) in [7, 11) is 0. The lowest BCUT2D eigenvalue weighted by atomic mass is 10.2. The largest absolute Gasteiger partial charge is 0.437 e. The lowest BCUT2D eigenvalue weighted by Gasteiger charge is -2.07. The topological polar surface area (TPSA) is 64.1 Å². The zero-order valence-corrected chi connectivity index (χ0v) is 10.9. The van der Waals surface area contributed by atoms with Crippen LogP contribution in [0.2, 0.25) is 0 Å². The first-order valence-electron chi connectivity index (χ1n) is 6.12. The number of alkyl halides is 3. The molecule has 0 unspecified atom stereocenters. The molecule has 0 saturated heterocycles. The van der Waals surface area contributed by atoms with Gasteiger partial charge in [-0.3, -0.25) is 0 Å². The zero-order valence-electron chi connectivity index (χ0n) is 10.9. The van der Waals surface area contributed by atoms with E-state index in [4.69, 9.17) is 10.2 Å². The number of aromatic nitrogens is 1. The molecule has 0 spiro atoms. The predicted molar refractivity (Wildman–Crippen MR) is 73.1 cm³/mol. The third-order valence-electron chi connectivity index (χ3n) is 3.01. The normalized spacial score (nSPS) is 11.8. The van der Waals surface area contributed by atoms with Crippen LogP contribution in [0.25, 0.3) is 11.0 Å². The number of nitrogens with zero attached hydrogens (tertiary/aromatic N) is 1. The first-order valence-corrected chi connectivity index (χ1v) is 6.12. The number of furan rings is 1. The van der Waals surface area contributed by atoms with Crippen molar-refractivity contribution in [2.45, 2.75) is 6.18 Å². The number of nitrogens with two attached hydrogens (primary N) is 1. The van der Waals surface area contributed by atoms with Crippen molar-refractivity contribution in [2.24, 2.45) is 0 Å². The SMILES string of the molecule is Nc1oc2cnc(C(F)(F)F)cc2c1Nc1ccc(F)cc1. The van der Waals surface area contributed by atoms with Crippen molar-refractivity contribution in [3.8, 4) is 0 Å². The van der Waals surface area contributed by atoms with E-state index in [1.165, 1.54) is 24.3 Å². The monoisotopic (exact) mass is 311 g/mol. The van der Waals surface area contributed by atoms with E-state index in [2.05, 4.69) is 10.3 Å². The van der Waals surface area contributed by atoms with Gasteiger partial charge in [0.05, 0.1) is 11.6 Å². The molecular weight excluding hydrogens is 302 g/mol. The van der Waals surface area contributed by atoms with Crippen LogP contribution in [0.5, 0.6) is 0 Å². The highest BCUT2D eigenvalue weighted by molar-refractivity contribution is 5.98. The Hall–Kier alpha value is -2.77. The second kappa shape index (κ2) is 4.90. The summed E-state index contributed by atoms with van der Waals surface area (Å²) in [4.78, 5) is 3.30. The van der Waals surface area contributed by atoms with Gasteiger partial charge in [0.1, 0.15) is 17.2 Å². The van der Waals surface area contributed by atoms with Crippen molar-refractivity contribution in [1.29, 1.82) is 0 Å². The fraction of sp³-hybridized carbons (Fsp3) is 0.0714. The number of hydrogen-bond acceptors (Lipinski definition) is 4. The van der Waals surface area contributed by atoms with Gasteiger partial charge in [-0.25, -0.2) is 9.37 Å². The van der Waals surface area contributed by atoms with Crippen LogP contribution in [0.3, 0.4) is 0 Å². The fourth-order valence-electron chi connectivity index (χ4n) is 1.98. The molecule has 0 atom stereocenters. The van der Waals surface area contributed by atoms with E-state index in [-0.39, 0.29) is 22.5 Å². The van der Waals surface area contributed by atoms with Crippen LogP contribution < -0.4 is 11.1 Å². The Bertz CT molecular complexity index is 824. The Morgan fingerprint density at radius 3 is 2.45 bits per heavy atom. The molecule has 0 aliphatic rings. The Morgan fingerprint density at radius 2 is 1.82 bits per heavy atom. The minimum absolute atomic E-state index is 0.0829. The molecule has 0 amide bonds. The maximum absolute atomic E-state index is 12.9.